The Morgan fingerprint density at radius 3 is 2.25 bits per heavy atom. The number of benzene rings is 1. The quantitative estimate of drug-likeness (QED) is 0.357. The van der Waals surface area contributed by atoms with Gasteiger partial charge in [0.1, 0.15) is 5.84 Å². The summed E-state index contributed by atoms with van der Waals surface area (Å²) in [4.78, 5) is 28.4. The monoisotopic (exact) mass is 384 g/mol. The number of nitrogens with one attached hydrogen (secondary N) is 1. The number of piperidine rings is 2. The summed E-state index contributed by atoms with van der Waals surface area (Å²) in [5.41, 5.74) is 8.39. The number of likely N-dealkylation sites (tertiary alicyclic amines) is 1. The Morgan fingerprint density at radius 1 is 1.11 bits per heavy atom. The van der Waals surface area contributed by atoms with Crippen LogP contribution >= 0.6 is 0 Å². The van der Waals surface area contributed by atoms with E-state index in [2.05, 4.69) is 9.64 Å². The smallest absolute Gasteiger partial charge is 0.330 e. The third-order valence-electron chi connectivity index (χ3n) is 5.63. The van der Waals surface area contributed by atoms with E-state index in [0.717, 1.165) is 55.6 Å². The molecule has 2 saturated heterocycles. The third kappa shape index (κ3) is 4.71. The Balaban J connectivity index is 1.49. The largest absolute Gasteiger partial charge is 0.466 e. The minimum absolute atomic E-state index is 0.0684. The minimum atomic E-state index is -0.321. The van der Waals surface area contributed by atoms with Crippen LogP contribution in [0.2, 0.25) is 0 Å². The fourth-order valence-electron chi connectivity index (χ4n) is 3.88. The minimum Gasteiger partial charge on any atom is -0.466 e. The van der Waals surface area contributed by atoms with Crippen molar-refractivity contribution in [3.8, 4) is 0 Å². The first-order chi connectivity index (χ1) is 13.5. The SMILES string of the molecule is COC(=O)C=C1CCN(C(=O)C2CCN(c3ccc(C(=N)N)cc3)CC2)CC1. The summed E-state index contributed by atoms with van der Waals surface area (Å²) in [6.07, 6.45) is 4.71. The maximum absolute atomic E-state index is 12.9. The van der Waals surface area contributed by atoms with Crippen LogP contribution < -0.4 is 10.6 Å². The highest BCUT2D eigenvalue weighted by Gasteiger charge is 2.30. The molecule has 0 aliphatic carbocycles. The molecule has 3 rings (SSSR count). The van der Waals surface area contributed by atoms with Crippen molar-refractivity contribution in [2.24, 2.45) is 11.7 Å². The summed E-state index contributed by atoms with van der Waals surface area (Å²) < 4.78 is 4.67. The van der Waals surface area contributed by atoms with Crippen LogP contribution in [-0.2, 0) is 14.3 Å². The van der Waals surface area contributed by atoms with Gasteiger partial charge in [-0.3, -0.25) is 10.2 Å². The van der Waals surface area contributed by atoms with E-state index in [-0.39, 0.29) is 23.6 Å². The molecule has 2 fully saturated rings. The Labute approximate surface area is 165 Å². The molecule has 7 nitrogen and oxygen atoms in total. The van der Waals surface area contributed by atoms with Gasteiger partial charge >= 0.3 is 5.97 Å². The lowest BCUT2D eigenvalue weighted by molar-refractivity contribution is -0.136. The number of hydrogen-bond donors (Lipinski definition) is 2. The van der Waals surface area contributed by atoms with Gasteiger partial charge in [0.2, 0.25) is 5.91 Å². The van der Waals surface area contributed by atoms with Crippen LogP contribution in [0.3, 0.4) is 0 Å². The fraction of sp³-hybridized carbons (Fsp3) is 0.476. The maximum atomic E-state index is 12.9. The zero-order chi connectivity index (χ0) is 20.1. The zero-order valence-corrected chi connectivity index (χ0v) is 16.3. The third-order valence-corrected chi connectivity index (χ3v) is 5.63. The highest BCUT2D eigenvalue weighted by Crippen LogP contribution is 2.26. The van der Waals surface area contributed by atoms with Crippen molar-refractivity contribution in [3.63, 3.8) is 0 Å². The number of nitrogens with two attached hydrogens (primary N) is 1. The molecule has 2 aliphatic heterocycles. The van der Waals surface area contributed by atoms with E-state index < -0.39 is 0 Å². The lowest BCUT2D eigenvalue weighted by Gasteiger charge is -2.37. The molecule has 0 aromatic heterocycles. The van der Waals surface area contributed by atoms with Crippen LogP contribution in [0.5, 0.6) is 0 Å². The van der Waals surface area contributed by atoms with Gasteiger partial charge in [0.25, 0.3) is 0 Å². The van der Waals surface area contributed by atoms with Gasteiger partial charge in [0.05, 0.1) is 7.11 Å². The first-order valence-electron chi connectivity index (χ1n) is 9.73. The summed E-state index contributed by atoms with van der Waals surface area (Å²) in [6, 6.07) is 7.70. The van der Waals surface area contributed by atoms with E-state index in [4.69, 9.17) is 11.1 Å². The van der Waals surface area contributed by atoms with Gasteiger partial charge in [0, 0.05) is 49.4 Å². The molecule has 1 aromatic rings. The topological polar surface area (TPSA) is 99.7 Å². The number of hydrogen-bond acceptors (Lipinski definition) is 5. The van der Waals surface area contributed by atoms with Gasteiger partial charge in [0.15, 0.2) is 0 Å². The number of amides is 1. The van der Waals surface area contributed by atoms with Gasteiger partial charge in [-0.05, 0) is 49.9 Å². The molecule has 3 N–H and O–H groups in total. The van der Waals surface area contributed by atoms with E-state index in [0.29, 0.717) is 13.1 Å². The Morgan fingerprint density at radius 2 is 1.71 bits per heavy atom. The predicted molar refractivity (Wildman–Crippen MR) is 108 cm³/mol. The van der Waals surface area contributed by atoms with Crippen molar-refractivity contribution >= 4 is 23.4 Å². The van der Waals surface area contributed by atoms with Crippen molar-refractivity contribution in [1.29, 1.82) is 5.41 Å². The number of rotatable bonds is 4. The van der Waals surface area contributed by atoms with Gasteiger partial charge in [-0.2, -0.15) is 0 Å². The molecule has 2 aliphatic rings. The van der Waals surface area contributed by atoms with Crippen LogP contribution in [0.4, 0.5) is 5.69 Å². The highest BCUT2D eigenvalue weighted by molar-refractivity contribution is 5.95. The first-order valence-corrected chi connectivity index (χ1v) is 9.73. The van der Waals surface area contributed by atoms with Crippen LogP contribution in [-0.4, -0.2) is 55.9 Å². The number of methoxy groups -OCH3 is 1. The number of ether oxygens (including phenoxy) is 1. The number of carbonyl (C=O) groups excluding carboxylic acids is 2. The molecule has 0 spiro atoms. The summed E-state index contributed by atoms with van der Waals surface area (Å²) in [5, 5.41) is 7.47. The zero-order valence-electron chi connectivity index (χ0n) is 16.3. The summed E-state index contributed by atoms with van der Waals surface area (Å²) >= 11 is 0. The molecule has 1 amide bonds. The van der Waals surface area contributed by atoms with Crippen LogP contribution in [0, 0.1) is 11.3 Å². The van der Waals surface area contributed by atoms with Crippen molar-refractivity contribution in [1.82, 2.24) is 4.90 Å². The number of carbonyl (C=O) groups is 2. The van der Waals surface area contributed by atoms with Crippen molar-refractivity contribution in [2.75, 3.05) is 38.2 Å². The molecule has 0 atom stereocenters. The van der Waals surface area contributed by atoms with Crippen molar-refractivity contribution in [3.05, 3.63) is 41.5 Å². The second-order valence-corrected chi connectivity index (χ2v) is 7.37. The molecule has 28 heavy (non-hydrogen) atoms. The predicted octanol–water partition coefficient (Wildman–Crippen LogP) is 1.91. The van der Waals surface area contributed by atoms with Gasteiger partial charge in [-0.1, -0.05) is 5.57 Å². The maximum Gasteiger partial charge on any atom is 0.330 e. The molecular weight excluding hydrogens is 356 g/mol. The van der Waals surface area contributed by atoms with E-state index in [9.17, 15) is 9.59 Å². The highest BCUT2D eigenvalue weighted by atomic mass is 16.5. The van der Waals surface area contributed by atoms with E-state index >= 15 is 0 Å². The molecule has 1 aromatic carbocycles. The fourth-order valence-corrected chi connectivity index (χ4v) is 3.88. The number of nitrogens with zero attached hydrogens (tertiary/aromatic N) is 2. The first kappa shape index (κ1) is 19.9. The van der Waals surface area contributed by atoms with Crippen molar-refractivity contribution in [2.45, 2.75) is 25.7 Å². The summed E-state index contributed by atoms with van der Waals surface area (Å²) in [5.74, 6) is 0.0584. The average Bonchev–Trinajstić information content (AvgIpc) is 2.74. The second kappa shape index (κ2) is 8.91. The van der Waals surface area contributed by atoms with Crippen LogP contribution in [0.25, 0.3) is 0 Å². The second-order valence-electron chi connectivity index (χ2n) is 7.37. The number of esters is 1. The molecule has 7 heteroatoms. The van der Waals surface area contributed by atoms with Crippen LogP contribution in [0.15, 0.2) is 35.9 Å². The Bertz CT molecular complexity index is 754. The lowest BCUT2D eigenvalue weighted by Crippen LogP contribution is -2.44. The molecule has 0 saturated carbocycles. The van der Waals surface area contributed by atoms with Crippen LogP contribution in [0.1, 0.15) is 31.2 Å². The standard InChI is InChI=1S/C21H28N4O3/c1-28-19(26)14-15-6-10-25(11-7-15)21(27)17-8-12-24(13-9-17)18-4-2-16(3-5-18)20(22)23/h2-5,14,17H,6-13H2,1H3,(H3,22,23). The van der Waals surface area contributed by atoms with Gasteiger partial charge in [-0.25, -0.2) is 4.79 Å². The van der Waals surface area contributed by atoms with E-state index in [1.54, 1.807) is 6.08 Å². The molecular formula is C21H28N4O3. The van der Waals surface area contributed by atoms with E-state index in [1.807, 2.05) is 29.2 Å². The summed E-state index contributed by atoms with van der Waals surface area (Å²) in [6.45, 7) is 3.04. The molecule has 0 bridgehead atoms. The molecule has 2 heterocycles. The molecule has 0 unspecified atom stereocenters. The normalized spacial score (nSPS) is 18.0. The number of nitrogen functional groups attached to an aromatic ring is 1. The van der Waals surface area contributed by atoms with Gasteiger partial charge in [-0.15, -0.1) is 0 Å². The Kier molecular flexibility index (Phi) is 6.34. The number of amidine groups is 1. The Hall–Kier alpha value is -2.83. The van der Waals surface area contributed by atoms with Crippen molar-refractivity contribution < 1.29 is 14.3 Å². The lowest BCUT2D eigenvalue weighted by atomic mass is 9.93. The summed E-state index contributed by atoms with van der Waals surface area (Å²) in [7, 11) is 1.38. The number of anilines is 1. The van der Waals surface area contributed by atoms with Gasteiger partial charge < -0.3 is 20.3 Å². The molecule has 0 radical (unpaired) electrons. The van der Waals surface area contributed by atoms with E-state index in [1.165, 1.54) is 7.11 Å². The average molecular weight is 384 g/mol. The molecule has 150 valence electrons.